The summed E-state index contributed by atoms with van der Waals surface area (Å²) in [5.41, 5.74) is 0. The van der Waals surface area contributed by atoms with Crippen molar-refractivity contribution in [2.45, 2.75) is 289 Å². The van der Waals surface area contributed by atoms with Crippen LogP contribution in [0.5, 0.6) is 0 Å². The minimum Gasteiger partial charge on any atom is -0.479 e. The number of carbonyl (C=O) groups excluding carboxylic acids is 3. The smallest absolute Gasteiger partial charge is 0.335 e. The molecule has 0 aromatic rings. The summed E-state index contributed by atoms with van der Waals surface area (Å²) >= 11 is 0. The van der Waals surface area contributed by atoms with Gasteiger partial charge in [0.1, 0.15) is 18.8 Å². The average Bonchev–Trinajstić information content (AvgIpc) is 3.35. The zero-order chi connectivity index (χ0) is 51.8. The molecule has 1 aliphatic rings. The molecule has 6 unspecified atom stereocenters. The first kappa shape index (κ1) is 65.7. The molecular formula is C59H102O12. The van der Waals surface area contributed by atoms with Gasteiger partial charge in [0.05, 0.1) is 6.61 Å². The lowest BCUT2D eigenvalue weighted by Gasteiger charge is -2.40. The largest absolute Gasteiger partial charge is 0.479 e. The summed E-state index contributed by atoms with van der Waals surface area (Å²) in [7, 11) is 0. The molecule has 0 amide bonds. The van der Waals surface area contributed by atoms with Crippen LogP contribution in [-0.4, -0.2) is 89.2 Å². The summed E-state index contributed by atoms with van der Waals surface area (Å²) in [4.78, 5) is 50.9. The molecule has 0 aliphatic carbocycles. The molecule has 1 heterocycles. The number of aliphatic carboxylic acids is 1. The molecule has 1 rings (SSSR count). The van der Waals surface area contributed by atoms with E-state index in [1.807, 2.05) is 0 Å². The van der Waals surface area contributed by atoms with Crippen molar-refractivity contribution in [3.63, 3.8) is 0 Å². The fourth-order valence-corrected chi connectivity index (χ4v) is 8.41. The Bertz CT molecular complexity index is 1420. The lowest BCUT2D eigenvalue weighted by molar-refractivity contribution is -0.301. The Kier molecular flexibility index (Phi) is 44.1. The van der Waals surface area contributed by atoms with E-state index >= 15 is 0 Å². The number of hydrogen-bond acceptors (Lipinski definition) is 11. The van der Waals surface area contributed by atoms with E-state index < -0.39 is 67.3 Å². The van der Waals surface area contributed by atoms with Gasteiger partial charge in [0.2, 0.25) is 0 Å². The molecule has 0 aromatic heterocycles. The van der Waals surface area contributed by atoms with Crippen LogP contribution in [0.2, 0.25) is 0 Å². The van der Waals surface area contributed by atoms with E-state index in [-0.39, 0.29) is 25.9 Å². The number of rotatable bonds is 48. The van der Waals surface area contributed by atoms with Crippen molar-refractivity contribution in [2.24, 2.45) is 0 Å². The number of carboxylic acid groups (broad SMARTS) is 1. The van der Waals surface area contributed by atoms with E-state index in [0.29, 0.717) is 19.3 Å². The molecule has 410 valence electrons. The van der Waals surface area contributed by atoms with Crippen molar-refractivity contribution in [2.75, 3.05) is 13.2 Å². The number of allylic oxidation sites excluding steroid dienone is 8. The maximum atomic E-state index is 13.1. The van der Waals surface area contributed by atoms with Crippen LogP contribution < -0.4 is 0 Å². The van der Waals surface area contributed by atoms with Gasteiger partial charge in [0.25, 0.3) is 0 Å². The van der Waals surface area contributed by atoms with E-state index in [4.69, 9.17) is 23.7 Å². The number of ether oxygens (including phenoxy) is 5. The highest BCUT2D eigenvalue weighted by Crippen LogP contribution is 2.26. The number of esters is 3. The number of hydrogen-bond donors (Lipinski definition) is 3. The van der Waals surface area contributed by atoms with Crippen LogP contribution in [0.3, 0.4) is 0 Å². The number of carbonyl (C=O) groups is 4. The second kappa shape index (κ2) is 47.7. The maximum Gasteiger partial charge on any atom is 0.335 e. The van der Waals surface area contributed by atoms with Gasteiger partial charge in [-0.05, 0) is 77.0 Å². The Morgan fingerprint density at radius 2 is 0.859 bits per heavy atom. The quantitative estimate of drug-likeness (QED) is 0.0228. The molecule has 12 heteroatoms. The molecule has 1 aliphatic heterocycles. The van der Waals surface area contributed by atoms with E-state index in [2.05, 4.69) is 69.4 Å². The van der Waals surface area contributed by atoms with Crippen molar-refractivity contribution in [1.29, 1.82) is 0 Å². The Morgan fingerprint density at radius 1 is 0.465 bits per heavy atom. The zero-order valence-electron chi connectivity index (χ0n) is 45.0. The molecule has 0 spiro atoms. The second-order valence-electron chi connectivity index (χ2n) is 19.6. The van der Waals surface area contributed by atoms with Crippen molar-refractivity contribution < 1.29 is 58.2 Å². The van der Waals surface area contributed by atoms with E-state index in [9.17, 15) is 34.5 Å². The van der Waals surface area contributed by atoms with Crippen LogP contribution in [0.25, 0.3) is 0 Å². The van der Waals surface area contributed by atoms with E-state index in [1.54, 1.807) is 0 Å². The van der Waals surface area contributed by atoms with Gasteiger partial charge in [-0.3, -0.25) is 14.4 Å². The Hall–Kier alpha value is -3.32. The van der Waals surface area contributed by atoms with E-state index in [1.165, 1.54) is 83.5 Å². The highest BCUT2D eigenvalue weighted by molar-refractivity contribution is 5.74. The molecule has 0 saturated carbocycles. The number of unbranched alkanes of at least 4 members (excludes halogenated alkanes) is 26. The third-order valence-electron chi connectivity index (χ3n) is 12.9. The first-order valence-electron chi connectivity index (χ1n) is 28.6. The first-order chi connectivity index (χ1) is 34.6. The highest BCUT2D eigenvalue weighted by Gasteiger charge is 2.50. The Balaban J connectivity index is 2.67. The third kappa shape index (κ3) is 38.0. The summed E-state index contributed by atoms with van der Waals surface area (Å²) in [6.45, 7) is 5.89. The fraction of sp³-hybridized carbons (Fsp3) is 0.797. The van der Waals surface area contributed by atoms with Crippen molar-refractivity contribution >= 4 is 23.9 Å². The first-order valence-corrected chi connectivity index (χ1v) is 28.6. The van der Waals surface area contributed by atoms with Crippen molar-refractivity contribution in [3.05, 3.63) is 48.6 Å². The predicted molar refractivity (Wildman–Crippen MR) is 285 cm³/mol. The summed E-state index contributed by atoms with van der Waals surface area (Å²) < 4.78 is 28.3. The molecular weight excluding hydrogens is 901 g/mol. The lowest BCUT2D eigenvalue weighted by Crippen LogP contribution is -2.61. The van der Waals surface area contributed by atoms with Crippen LogP contribution in [0, 0.1) is 0 Å². The van der Waals surface area contributed by atoms with Gasteiger partial charge in [0, 0.05) is 19.3 Å². The molecule has 12 nitrogen and oxygen atoms in total. The number of carboxylic acids is 1. The average molecular weight is 1000 g/mol. The molecule has 0 radical (unpaired) electrons. The van der Waals surface area contributed by atoms with Gasteiger partial charge in [-0.1, -0.05) is 204 Å². The van der Waals surface area contributed by atoms with Gasteiger partial charge >= 0.3 is 23.9 Å². The highest BCUT2D eigenvalue weighted by atomic mass is 16.7. The predicted octanol–water partition coefficient (Wildman–Crippen LogP) is 14.2. The second-order valence-corrected chi connectivity index (χ2v) is 19.6. The van der Waals surface area contributed by atoms with Gasteiger partial charge < -0.3 is 39.0 Å². The summed E-state index contributed by atoms with van der Waals surface area (Å²) in [6, 6.07) is 0. The summed E-state index contributed by atoms with van der Waals surface area (Å²) in [5, 5.41) is 31.4. The minimum atomic E-state index is -1.90. The maximum absolute atomic E-state index is 13.1. The summed E-state index contributed by atoms with van der Waals surface area (Å²) in [6.07, 6.45) is 43.8. The standard InChI is InChI=1S/C59H102O12/c1-4-7-10-13-16-19-22-23-24-25-26-27-28-29-32-33-36-39-42-45-51(60)67-48-50(69-52(61)46-43-40-37-34-30-20-17-14-11-8-5-2)49-68-59-57(55(64)54(63)56(71-59)58(65)66)70-53(62)47-44-41-38-35-31-21-18-15-12-9-6-3/h15-16,18-19,23-24,26-27,50,54-57,59,63-64H,4-14,17,20-22,25,28-49H2,1-3H3,(H,65,66)/b18-15-,19-16-,24-23-,27-26-. The van der Waals surface area contributed by atoms with Gasteiger partial charge in [-0.2, -0.15) is 0 Å². The molecule has 1 fully saturated rings. The SMILES string of the molecule is CCCC/C=C\CCCCCCCC(=O)OC1C(OCC(COC(=O)CCCCCCCC/C=C\C/C=C\C/C=C\CCCCC)OC(=O)CCCCCCCCCCCCC)OC(C(=O)O)C(O)C1O. The van der Waals surface area contributed by atoms with Crippen LogP contribution in [0.1, 0.15) is 252 Å². The third-order valence-corrected chi connectivity index (χ3v) is 12.9. The normalized spacial score (nSPS) is 18.8. The minimum absolute atomic E-state index is 0.0500. The molecule has 0 aromatic carbocycles. The molecule has 71 heavy (non-hydrogen) atoms. The number of aliphatic hydroxyl groups is 2. The van der Waals surface area contributed by atoms with Gasteiger partial charge in [-0.25, -0.2) is 4.79 Å². The Morgan fingerprint density at radius 3 is 1.37 bits per heavy atom. The van der Waals surface area contributed by atoms with Gasteiger partial charge in [-0.15, -0.1) is 0 Å². The molecule has 3 N–H and O–H groups in total. The fourth-order valence-electron chi connectivity index (χ4n) is 8.41. The van der Waals surface area contributed by atoms with Crippen molar-refractivity contribution in [1.82, 2.24) is 0 Å². The molecule has 6 atom stereocenters. The molecule has 0 bridgehead atoms. The topological polar surface area (TPSA) is 175 Å². The Labute approximate surface area is 431 Å². The zero-order valence-corrected chi connectivity index (χ0v) is 45.0. The van der Waals surface area contributed by atoms with Crippen molar-refractivity contribution in [3.8, 4) is 0 Å². The van der Waals surface area contributed by atoms with Crippen LogP contribution >= 0.6 is 0 Å². The van der Waals surface area contributed by atoms with Crippen LogP contribution in [-0.2, 0) is 42.9 Å². The lowest BCUT2D eigenvalue weighted by atomic mass is 9.98. The van der Waals surface area contributed by atoms with Crippen LogP contribution in [0.4, 0.5) is 0 Å². The van der Waals surface area contributed by atoms with E-state index in [0.717, 1.165) is 109 Å². The van der Waals surface area contributed by atoms with Gasteiger partial charge in [0.15, 0.2) is 24.6 Å². The number of aliphatic hydroxyl groups excluding tert-OH is 2. The summed E-state index contributed by atoms with van der Waals surface area (Å²) in [5.74, 6) is -3.14. The monoisotopic (exact) mass is 1000 g/mol. The molecule has 1 saturated heterocycles. The van der Waals surface area contributed by atoms with Crippen LogP contribution in [0.15, 0.2) is 48.6 Å².